The van der Waals surface area contributed by atoms with Crippen LogP contribution in [0.5, 0.6) is 0 Å². The third-order valence-electron chi connectivity index (χ3n) is 1.75. The average Bonchev–Trinajstić information content (AvgIpc) is 2.52. The zero-order valence-electron chi connectivity index (χ0n) is 6.89. The van der Waals surface area contributed by atoms with Crippen molar-refractivity contribution >= 4 is 5.91 Å². The van der Waals surface area contributed by atoms with Crippen LogP contribution in [-0.2, 0) is 4.79 Å². The summed E-state index contributed by atoms with van der Waals surface area (Å²) in [5.41, 5.74) is 3.02. The predicted molar refractivity (Wildman–Crippen MR) is 42.9 cm³/mol. The van der Waals surface area contributed by atoms with E-state index in [1.54, 1.807) is 5.01 Å². The van der Waals surface area contributed by atoms with Gasteiger partial charge in [-0.2, -0.15) is 0 Å². The van der Waals surface area contributed by atoms with Gasteiger partial charge in [-0.15, -0.1) is 0 Å². The summed E-state index contributed by atoms with van der Waals surface area (Å²) in [6.45, 7) is 2.56. The summed E-state index contributed by atoms with van der Waals surface area (Å²) in [7, 11) is 1.85. The Labute approximate surface area is 66.9 Å². The Morgan fingerprint density at radius 3 is 3.09 bits per heavy atom. The van der Waals surface area contributed by atoms with Crippen LogP contribution in [0, 0.1) is 0 Å². The van der Waals surface area contributed by atoms with Crippen molar-refractivity contribution < 1.29 is 4.79 Å². The van der Waals surface area contributed by atoms with Crippen molar-refractivity contribution in [2.75, 3.05) is 26.7 Å². The highest BCUT2D eigenvalue weighted by Crippen LogP contribution is 1.98. The minimum Gasteiger partial charge on any atom is -0.319 e. The molecular formula is C7H15N3O. The van der Waals surface area contributed by atoms with Crippen LogP contribution in [0.4, 0.5) is 0 Å². The highest BCUT2D eigenvalue weighted by molar-refractivity contribution is 5.76. The Hall–Kier alpha value is -0.610. The predicted octanol–water partition coefficient (Wildman–Crippen LogP) is -0.667. The second kappa shape index (κ2) is 4.31. The highest BCUT2D eigenvalue weighted by atomic mass is 16.2. The smallest absolute Gasteiger partial charge is 0.237 e. The Balaban J connectivity index is 2.17. The van der Waals surface area contributed by atoms with Crippen LogP contribution in [0.3, 0.4) is 0 Å². The minimum absolute atomic E-state index is 0.192. The van der Waals surface area contributed by atoms with Gasteiger partial charge in [-0.25, -0.2) is 5.43 Å². The van der Waals surface area contributed by atoms with E-state index in [0.717, 1.165) is 26.1 Å². The summed E-state index contributed by atoms with van der Waals surface area (Å²) in [5, 5.41) is 4.65. The molecule has 1 amide bonds. The van der Waals surface area contributed by atoms with Gasteiger partial charge in [-0.05, 0) is 13.5 Å². The normalized spacial score (nSPS) is 17.4. The molecule has 0 radical (unpaired) electrons. The minimum atomic E-state index is 0.192. The van der Waals surface area contributed by atoms with Crippen LogP contribution >= 0.6 is 0 Å². The first kappa shape index (κ1) is 8.49. The van der Waals surface area contributed by atoms with Crippen LogP contribution < -0.4 is 10.7 Å². The summed E-state index contributed by atoms with van der Waals surface area (Å²) in [4.78, 5) is 11.2. The maximum absolute atomic E-state index is 11.2. The third kappa shape index (κ3) is 2.48. The lowest BCUT2D eigenvalue weighted by atomic mass is 10.4. The largest absolute Gasteiger partial charge is 0.319 e. The number of rotatable bonds is 3. The summed E-state index contributed by atoms with van der Waals surface area (Å²) >= 11 is 0. The molecule has 0 aliphatic carbocycles. The maximum atomic E-state index is 11.2. The summed E-state index contributed by atoms with van der Waals surface area (Å²) in [5.74, 6) is 0.192. The van der Waals surface area contributed by atoms with Gasteiger partial charge in [-0.3, -0.25) is 9.80 Å². The van der Waals surface area contributed by atoms with Crippen LogP contribution in [-0.4, -0.2) is 37.6 Å². The number of nitrogens with one attached hydrogen (secondary N) is 2. The van der Waals surface area contributed by atoms with Crippen LogP contribution in [0.1, 0.15) is 12.8 Å². The fourth-order valence-electron chi connectivity index (χ4n) is 1.11. The Kier molecular flexibility index (Phi) is 3.32. The summed E-state index contributed by atoms with van der Waals surface area (Å²) in [6.07, 6.45) is 1.66. The summed E-state index contributed by atoms with van der Waals surface area (Å²) in [6, 6.07) is 0. The number of carbonyl (C=O) groups is 1. The average molecular weight is 157 g/mol. The molecular weight excluding hydrogens is 142 g/mol. The summed E-state index contributed by atoms with van der Waals surface area (Å²) < 4.78 is 0. The molecule has 2 N–H and O–H groups in total. The van der Waals surface area contributed by atoms with Gasteiger partial charge in [0.15, 0.2) is 0 Å². The first-order valence-electron chi connectivity index (χ1n) is 4.03. The van der Waals surface area contributed by atoms with Crippen molar-refractivity contribution in [3.63, 3.8) is 0 Å². The van der Waals surface area contributed by atoms with E-state index in [1.165, 1.54) is 0 Å². The number of hydrazine groups is 1. The van der Waals surface area contributed by atoms with E-state index >= 15 is 0 Å². The SMILES string of the molecule is CNCCC(=O)N1CCCN1. The van der Waals surface area contributed by atoms with E-state index in [9.17, 15) is 4.79 Å². The van der Waals surface area contributed by atoms with Crippen LogP contribution in [0.2, 0.25) is 0 Å². The van der Waals surface area contributed by atoms with Crippen molar-refractivity contribution in [2.45, 2.75) is 12.8 Å². The maximum Gasteiger partial charge on any atom is 0.237 e. The molecule has 1 aliphatic rings. The molecule has 0 aromatic heterocycles. The van der Waals surface area contributed by atoms with Crippen molar-refractivity contribution in [3.05, 3.63) is 0 Å². The van der Waals surface area contributed by atoms with Gasteiger partial charge < -0.3 is 5.32 Å². The van der Waals surface area contributed by atoms with Gasteiger partial charge in [0.25, 0.3) is 0 Å². The Bertz CT molecular complexity index is 132. The van der Waals surface area contributed by atoms with E-state index in [-0.39, 0.29) is 5.91 Å². The zero-order valence-corrected chi connectivity index (χ0v) is 6.89. The van der Waals surface area contributed by atoms with Gasteiger partial charge >= 0.3 is 0 Å². The molecule has 0 bridgehead atoms. The molecule has 4 heteroatoms. The molecule has 1 saturated heterocycles. The number of carbonyl (C=O) groups excluding carboxylic acids is 1. The zero-order chi connectivity index (χ0) is 8.10. The van der Waals surface area contributed by atoms with Gasteiger partial charge in [-0.1, -0.05) is 0 Å². The lowest BCUT2D eigenvalue weighted by molar-refractivity contribution is -0.132. The van der Waals surface area contributed by atoms with Gasteiger partial charge in [0.05, 0.1) is 0 Å². The molecule has 11 heavy (non-hydrogen) atoms. The fourth-order valence-corrected chi connectivity index (χ4v) is 1.11. The molecule has 64 valence electrons. The number of nitrogens with zero attached hydrogens (tertiary/aromatic N) is 1. The van der Waals surface area contributed by atoms with E-state index in [2.05, 4.69) is 10.7 Å². The molecule has 0 atom stereocenters. The van der Waals surface area contributed by atoms with E-state index < -0.39 is 0 Å². The molecule has 1 rings (SSSR count). The van der Waals surface area contributed by atoms with Crippen molar-refractivity contribution in [3.8, 4) is 0 Å². The Morgan fingerprint density at radius 2 is 2.55 bits per heavy atom. The second-order valence-corrected chi connectivity index (χ2v) is 2.66. The number of amides is 1. The molecule has 0 spiro atoms. The molecule has 0 saturated carbocycles. The Morgan fingerprint density at radius 1 is 1.73 bits per heavy atom. The molecule has 0 unspecified atom stereocenters. The lowest BCUT2D eigenvalue weighted by Gasteiger charge is -2.14. The topological polar surface area (TPSA) is 44.4 Å². The van der Waals surface area contributed by atoms with Crippen molar-refractivity contribution in [1.29, 1.82) is 0 Å². The molecule has 1 aliphatic heterocycles. The van der Waals surface area contributed by atoms with Gasteiger partial charge in [0.1, 0.15) is 0 Å². The van der Waals surface area contributed by atoms with Gasteiger partial charge in [0.2, 0.25) is 5.91 Å². The van der Waals surface area contributed by atoms with E-state index in [4.69, 9.17) is 0 Å². The van der Waals surface area contributed by atoms with E-state index in [0.29, 0.717) is 6.42 Å². The highest BCUT2D eigenvalue weighted by Gasteiger charge is 2.15. The molecule has 1 heterocycles. The van der Waals surface area contributed by atoms with Crippen LogP contribution in [0.25, 0.3) is 0 Å². The first-order valence-corrected chi connectivity index (χ1v) is 4.03. The van der Waals surface area contributed by atoms with E-state index in [1.807, 2.05) is 7.05 Å². The second-order valence-electron chi connectivity index (χ2n) is 2.66. The van der Waals surface area contributed by atoms with Crippen molar-refractivity contribution in [2.24, 2.45) is 0 Å². The standard InChI is InChI=1S/C7H15N3O/c1-8-5-3-7(11)10-6-2-4-9-10/h8-9H,2-6H2,1H3. The van der Waals surface area contributed by atoms with Gasteiger partial charge in [0, 0.05) is 26.1 Å². The first-order chi connectivity index (χ1) is 5.34. The van der Waals surface area contributed by atoms with Crippen LogP contribution in [0.15, 0.2) is 0 Å². The quantitative estimate of drug-likeness (QED) is 0.571. The molecule has 4 nitrogen and oxygen atoms in total. The lowest BCUT2D eigenvalue weighted by Crippen LogP contribution is -2.37. The molecule has 0 aromatic carbocycles. The third-order valence-corrected chi connectivity index (χ3v) is 1.75. The molecule has 1 fully saturated rings. The van der Waals surface area contributed by atoms with Crippen molar-refractivity contribution in [1.82, 2.24) is 15.8 Å². The molecule has 0 aromatic rings. The number of hydrogen-bond acceptors (Lipinski definition) is 3. The number of hydrogen-bond donors (Lipinski definition) is 2. The monoisotopic (exact) mass is 157 g/mol. The fraction of sp³-hybridized carbons (Fsp3) is 0.857.